The number of phenolic OH excluding ortho intramolecular Hbond substituents is 1. The highest BCUT2D eigenvalue weighted by Crippen LogP contribution is 2.25. The Labute approximate surface area is 141 Å². The molecule has 0 saturated carbocycles. The first-order chi connectivity index (χ1) is 11.9. The van der Waals surface area contributed by atoms with Crippen LogP contribution in [0.25, 0.3) is 11.0 Å². The molecule has 0 aliphatic heterocycles. The second-order valence-electron chi connectivity index (χ2n) is 5.36. The van der Waals surface area contributed by atoms with Gasteiger partial charge in [-0.15, -0.1) is 0 Å². The average Bonchev–Trinajstić information content (AvgIpc) is 2.56. The molecule has 0 spiro atoms. The fourth-order valence-corrected chi connectivity index (χ4v) is 2.38. The number of phenols is 1. The van der Waals surface area contributed by atoms with Crippen LogP contribution in [0.5, 0.6) is 5.75 Å². The molecule has 3 rings (SSSR count). The van der Waals surface area contributed by atoms with Gasteiger partial charge in [-0.2, -0.15) is 0 Å². The van der Waals surface area contributed by atoms with E-state index in [0.717, 1.165) is 0 Å². The number of aromatic hydroxyl groups is 1. The summed E-state index contributed by atoms with van der Waals surface area (Å²) in [5.74, 6) is -2.05. The molecular weight excluding hydrogens is 326 g/mol. The lowest BCUT2D eigenvalue weighted by Gasteiger charge is -2.09. The molecule has 0 aliphatic rings. The lowest BCUT2D eigenvalue weighted by molar-refractivity contribution is -0.136. The van der Waals surface area contributed by atoms with Crippen molar-refractivity contribution in [3.05, 3.63) is 70.1 Å². The van der Waals surface area contributed by atoms with Crippen molar-refractivity contribution in [3.63, 3.8) is 0 Å². The highest BCUT2D eigenvalue weighted by Gasteiger charge is 2.16. The number of rotatable bonds is 4. The molecule has 0 radical (unpaired) electrons. The van der Waals surface area contributed by atoms with Crippen molar-refractivity contribution in [1.29, 1.82) is 0 Å². The number of carbonyl (C=O) groups excluding carboxylic acids is 1. The third-order valence-corrected chi connectivity index (χ3v) is 3.55. The maximum Gasteiger partial charge on any atom is 0.349 e. The van der Waals surface area contributed by atoms with Crippen molar-refractivity contribution in [2.75, 3.05) is 5.32 Å². The molecule has 1 heterocycles. The number of amides is 1. The number of fused-ring (bicyclic) bond motifs is 1. The number of nitrogens with one attached hydrogen (secondary N) is 1. The van der Waals surface area contributed by atoms with Crippen LogP contribution >= 0.6 is 0 Å². The van der Waals surface area contributed by atoms with Gasteiger partial charge in [0.15, 0.2) is 0 Å². The molecule has 0 fully saturated rings. The van der Waals surface area contributed by atoms with Crippen LogP contribution in [0.1, 0.15) is 15.9 Å². The molecule has 1 aromatic heterocycles. The molecule has 7 nitrogen and oxygen atoms in total. The normalized spacial score (nSPS) is 10.6. The van der Waals surface area contributed by atoms with Crippen LogP contribution in [-0.4, -0.2) is 22.1 Å². The number of aliphatic carboxylic acids is 1. The lowest BCUT2D eigenvalue weighted by atomic mass is 10.1. The Morgan fingerprint density at radius 2 is 1.84 bits per heavy atom. The zero-order valence-corrected chi connectivity index (χ0v) is 12.9. The molecular formula is C18H13NO6. The summed E-state index contributed by atoms with van der Waals surface area (Å²) in [7, 11) is 0. The number of carboxylic acids is 1. The van der Waals surface area contributed by atoms with E-state index >= 15 is 0 Å². The fraction of sp³-hybridized carbons (Fsp3) is 0.0556. The molecule has 1 amide bonds. The van der Waals surface area contributed by atoms with E-state index < -0.39 is 17.5 Å². The fourth-order valence-electron chi connectivity index (χ4n) is 2.38. The summed E-state index contributed by atoms with van der Waals surface area (Å²) in [6.45, 7) is 0. The standard InChI is InChI=1S/C18H13NO6/c20-14-6-5-10(8-16(21)22)7-13(14)19-17(23)12-9-11-3-1-2-4-15(11)25-18(12)24/h1-7,9,20H,8H2,(H,19,23)(H,21,22). The smallest absolute Gasteiger partial charge is 0.349 e. The summed E-state index contributed by atoms with van der Waals surface area (Å²) >= 11 is 0. The quantitative estimate of drug-likeness (QED) is 0.496. The summed E-state index contributed by atoms with van der Waals surface area (Å²) in [6, 6.07) is 12.2. The van der Waals surface area contributed by atoms with E-state index in [1.54, 1.807) is 24.3 Å². The Bertz CT molecular complexity index is 1040. The molecule has 7 heteroatoms. The summed E-state index contributed by atoms with van der Waals surface area (Å²) in [4.78, 5) is 35.1. The van der Waals surface area contributed by atoms with E-state index in [4.69, 9.17) is 9.52 Å². The van der Waals surface area contributed by atoms with Crippen molar-refractivity contribution < 1.29 is 24.2 Å². The minimum Gasteiger partial charge on any atom is -0.506 e. The van der Waals surface area contributed by atoms with Gasteiger partial charge in [0.05, 0.1) is 12.1 Å². The predicted molar refractivity (Wildman–Crippen MR) is 89.9 cm³/mol. The molecule has 0 unspecified atom stereocenters. The second-order valence-corrected chi connectivity index (χ2v) is 5.36. The average molecular weight is 339 g/mol. The molecule has 2 aromatic carbocycles. The largest absolute Gasteiger partial charge is 0.506 e. The molecule has 0 aliphatic carbocycles. The first-order valence-corrected chi connectivity index (χ1v) is 7.32. The topological polar surface area (TPSA) is 117 Å². The first-order valence-electron chi connectivity index (χ1n) is 7.32. The van der Waals surface area contributed by atoms with Gasteiger partial charge in [0, 0.05) is 5.39 Å². The Morgan fingerprint density at radius 3 is 2.60 bits per heavy atom. The Balaban J connectivity index is 1.93. The van der Waals surface area contributed by atoms with Crippen LogP contribution in [0, 0.1) is 0 Å². The number of hydrogen-bond donors (Lipinski definition) is 3. The molecule has 126 valence electrons. The van der Waals surface area contributed by atoms with Crippen LogP contribution in [0.4, 0.5) is 5.69 Å². The summed E-state index contributed by atoms with van der Waals surface area (Å²) in [6.07, 6.45) is -0.263. The van der Waals surface area contributed by atoms with Crippen LogP contribution in [-0.2, 0) is 11.2 Å². The highest BCUT2D eigenvalue weighted by atomic mass is 16.4. The number of benzene rings is 2. The van der Waals surface area contributed by atoms with E-state index in [1.807, 2.05) is 0 Å². The van der Waals surface area contributed by atoms with Gasteiger partial charge < -0.3 is 19.9 Å². The molecule has 3 aromatic rings. The van der Waals surface area contributed by atoms with Crippen molar-refractivity contribution in [2.45, 2.75) is 6.42 Å². The van der Waals surface area contributed by atoms with Crippen molar-refractivity contribution in [1.82, 2.24) is 0 Å². The lowest BCUT2D eigenvalue weighted by Crippen LogP contribution is -2.20. The predicted octanol–water partition coefficient (Wildman–Crippen LogP) is 2.38. The van der Waals surface area contributed by atoms with Crippen LogP contribution in [0.2, 0.25) is 0 Å². The monoisotopic (exact) mass is 339 g/mol. The van der Waals surface area contributed by atoms with Gasteiger partial charge >= 0.3 is 11.6 Å². The van der Waals surface area contributed by atoms with Crippen molar-refractivity contribution in [2.24, 2.45) is 0 Å². The number of carboxylic acid groups (broad SMARTS) is 1. The zero-order chi connectivity index (χ0) is 18.0. The zero-order valence-electron chi connectivity index (χ0n) is 12.9. The van der Waals surface area contributed by atoms with Crippen LogP contribution in [0.15, 0.2) is 57.7 Å². The number of para-hydroxylation sites is 1. The number of anilines is 1. The Hall–Kier alpha value is -3.61. The third kappa shape index (κ3) is 3.50. The Kier molecular flexibility index (Phi) is 4.21. The number of carbonyl (C=O) groups is 2. The summed E-state index contributed by atoms with van der Waals surface area (Å²) < 4.78 is 5.10. The first kappa shape index (κ1) is 16.3. The third-order valence-electron chi connectivity index (χ3n) is 3.55. The molecule has 3 N–H and O–H groups in total. The second kappa shape index (κ2) is 6.48. The van der Waals surface area contributed by atoms with Gasteiger partial charge in [0.2, 0.25) is 0 Å². The van der Waals surface area contributed by atoms with E-state index in [2.05, 4.69) is 5.32 Å². The van der Waals surface area contributed by atoms with Gasteiger partial charge in [0.25, 0.3) is 5.91 Å². The van der Waals surface area contributed by atoms with Crippen LogP contribution < -0.4 is 10.9 Å². The van der Waals surface area contributed by atoms with Crippen LogP contribution in [0.3, 0.4) is 0 Å². The van der Waals surface area contributed by atoms with Gasteiger partial charge in [-0.05, 0) is 29.8 Å². The molecule has 0 atom stereocenters. The van der Waals surface area contributed by atoms with Gasteiger partial charge in [-0.1, -0.05) is 24.3 Å². The molecule has 0 saturated heterocycles. The van der Waals surface area contributed by atoms with E-state index in [-0.39, 0.29) is 23.4 Å². The summed E-state index contributed by atoms with van der Waals surface area (Å²) in [5.41, 5.74) is -0.267. The minimum absolute atomic E-state index is 0.0105. The molecule has 25 heavy (non-hydrogen) atoms. The van der Waals surface area contributed by atoms with Gasteiger partial charge in [-0.25, -0.2) is 4.79 Å². The van der Waals surface area contributed by atoms with Crippen molar-refractivity contribution >= 4 is 28.5 Å². The maximum atomic E-state index is 12.4. The highest BCUT2D eigenvalue weighted by molar-refractivity contribution is 6.06. The van der Waals surface area contributed by atoms with Gasteiger partial charge in [0.1, 0.15) is 16.9 Å². The van der Waals surface area contributed by atoms with E-state index in [1.165, 1.54) is 24.3 Å². The minimum atomic E-state index is -1.04. The van der Waals surface area contributed by atoms with Gasteiger partial charge in [-0.3, -0.25) is 9.59 Å². The van der Waals surface area contributed by atoms with E-state index in [9.17, 15) is 19.5 Å². The number of hydrogen-bond acceptors (Lipinski definition) is 5. The Morgan fingerprint density at radius 1 is 1.08 bits per heavy atom. The van der Waals surface area contributed by atoms with Crippen molar-refractivity contribution in [3.8, 4) is 5.75 Å². The molecule has 0 bridgehead atoms. The SMILES string of the molecule is O=C(O)Cc1ccc(O)c(NC(=O)c2cc3ccccc3oc2=O)c1. The van der Waals surface area contributed by atoms with E-state index in [0.29, 0.717) is 16.5 Å². The summed E-state index contributed by atoms with van der Waals surface area (Å²) in [5, 5.41) is 21.6. The maximum absolute atomic E-state index is 12.4.